The fourth-order valence-electron chi connectivity index (χ4n) is 2.56. The number of para-hydroxylation sites is 1. The van der Waals surface area contributed by atoms with Crippen LogP contribution in [0.15, 0.2) is 24.3 Å². The molecule has 1 atom stereocenters. The molecular weight excluding hydrogens is 337 g/mol. The van der Waals surface area contributed by atoms with E-state index in [2.05, 4.69) is 5.32 Å². The van der Waals surface area contributed by atoms with Crippen LogP contribution in [-0.4, -0.2) is 63.2 Å². The predicted octanol–water partition coefficient (Wildman–Crippen LogP) is 0.156. The lowest BCUT2D eigenvalue weighted by molar-refractivity contribution is -0.857. The van der Waals surface area contributed by atoms with Crippen LogP contribution in [0.2, 0.25) is 0 Å². The number of hydrogen-bond donors (Lipinski definition) is 2. The fourth-order valence-corrected chi connectivity index (χ4v) is 4.65. The summed E-state index contributed by atoms with van der Waals surface area (Å²) in [6.07, 6.45) is 0.560. The maximum atomic E-state index is 13.8. The Hall–Kier alpha value is -1.25. The fraction of sp³-hybridized carbons (Fsp3) is 0.533. The maximum Gasteiger partial charge on any atom is 0.173 e. The molecule has 8 heteroatoms. The number of anilines is 1. The molecule has 0 unspecified atom stereocenters. The van der Waals surface area contributed by atoms with Crippen molar-refractivity contribution in [1.29, 1.82) is 0 Å². The molecule has 0 aromatic heterocycles. The molecule has 0 spiro atoms. The van der Waals surface area contributed by atoms with Crippen LogP contribution in [-0.2, 0) is 9.84 Å². The summed E-state index contributed by atoms with van der Waals surface area (Å²) in [4.78, 5) is 3.13. The Labute approximate surface area is 142 Å². The largest absolute Gasteiger partial charge is 0.339 e. The summed E-state index contributed by atoms with van der Waals surface area (Å²) < 4.78 is 37.3. The summed E-state index contributed by atoms with van der Waals surface area (Å²) in [5.74, 6) is -0.0905. The van der Waals surface area contributed by atoms with Crippen LogP contribution in [0.1, 0.15) is 6.42 Å². The van der Waals surface area contributed by atoms with Gasteiger partial charge in [-0.3, -0.25) is 0 Å². The maximum absolute atomic E-state index is 13.8. The first-order valence-corrected chi connectivity index (χ1v) is 9.83. The third kappa shape index (κ3) is 5.12. The van der Waals surface area contributed by atoms with Crippen LogP contribution in [0.5, 0.6) is 0 Å². The Morgan fingerprint density at radius 1 is 1.43 bits per heavy atom. The molecule has 23 heavy (non-hydrogen) atoms. The SMILES string of the molecule is C[NH+](C)CCN(C(=S)Nc1ccccc1F)[C@H]1CCS(=O)(=O)C1. The minimum atomic E-state index is -3.00. The van der Waals surface area contributed by atoms with Crippen molar-refractivity contribution in [2.45, 2.75) is 12.5 Å². The van der Waals surface area contributed by atoms with E-state index in [9.17, 15) is 12.8 Å². The van der Waals surface area contributed by atoms with Gasteiger partial charge in [-0.1, -0.05) is 12.1 Å². The molecule has 1 aliphatic rings. The number of sulfone groups is 1. The van der Waals surface area contributed by atoms with E-state index in [1.807, 2.05) is 19.0 Å². The summed E-state index contributed by atoms with van der Waals surface area (Å²) in [5.41, 5.74) is 0.306. The number of rotatable bonds is 5. The zero-order valence-electron chi connectivity index (χ0n) is 13.4. The van der Waals surface area contributed by atoms with E-state index in [-0.39, 0.29) is 23.4 Å². The number of thiocarbonyl (C=S) groups is 1. The topological polar surface area (TPSA) is 53.9 Å². The van der Waals surface area contributed by atoms with Crippen LogP contribution in [0.25, 0.3) is 0 Å². The minimum absolute atomic E-state index is 0.106. The van der Waals surface area contributed by atoms with Gasteiger partial charge < -0.3 is 15.1 Å². The van der Waals surface area contributed by atoms with E-state index in [1.54, 1.807) is 18.2 Å². The van der Waals surface area contributed by atoms with Crippen molar-refractivity contribution in [3.8, 4) is 0 Å². The number of nitrogens with one attached hydrogen (secondary N) is 2. The van der Waals surface area contributed by atoms with E-state index in [1.165, 1.54) is 11.0 Å². The first kappa shape index (κ1) is 18.1. The lowest BCUT2D eigenvalue weighted by atomic mass is 10.2. The number of benzene rings is 1. The molecule has 5 nitrogen and oxygen atoms in total. The van der Waals surface area contributed by atoms with E-state index in [4.69, 9.17) is 12.2 Å². The Kier molecular flexibility index (Phi) is 5.94. The predicted molar refractivity (Wildman–Crippen MR) is 94.1 cm³/mol. The van der Waals surface area contributed by atoms with Crippen LogP contribution in [0, 0.1) is 5.82 Å². The highest BCUT2D eigenvalue weighted by molar-refractivity contribution is 7.91. The standard InChI is InChI=1S/C15H22FN3O2S2/c1-18(2)8-9-19(12-7-10-23(20,21)11-12)15(22)17-14-6-4-3-5-13(14)16/h3-6,12H,7-11H2,1-2H3,(H,17,22)/p+1/t12-/m0/s1. The van der Waals surface area contributed by atoms with Crippen LogP contribution >= 0.6 is 12.2 Å². The molecule has 2 rings (SSSR count). The van der Waals surface area contributed by atoms with Gasteiger partial charge in [-0.15, -0.1) is 0 Å². The quantitative estimate of drug-likeness (QED) is 0.733. The Bertz CT molecular complexity index is 664. The molecule has 2 N–H and O–H groups in total. The Morgan fingerprint density at radius 2 is 2.13 bits per heavy atom. The molecular formula is C15H23FN3O2S2+. The molecule has 0 aliphatic carbocycles. The second kappa shape index (κ2) is 7.55. The van der Waals surface area contributed by atoms with Crippen LogP contribution in [0.4, 0.5) is 10.1 Å². The van der Waals surface area contributed by atoms with Crippen molar-refractivity contribution in [3.05, 3.63) is 30.1 Å². The van der Waals surface area contributed by atoms with E-state index < -0.39 is 9.84 Å². The molecule has 1 saturated heterocycles. The number of likely N-dealkylation sites (N-methyl/N-ethyl adjacent to an activating group) is 1. The molecule has 1 fully saturated rings. The zero-order chi connectivity index (χ0) is 17.0. The lowest BCUT2D eigenvalue weighted by Gasteiger charge is -2.31. The summed E-state index contributed by atoms with van der Waals surface area (Å²) >= 11 is 5.42. The molecule has 0 saturated carbocycles. The van der Waals surface area contributed by atoms with E-state index in [0.29, 0.717) is 23.8 Å². The van der Waals surface area contributed by atoms with Gasteiger partial charge in [-0.25, -0.2) is 12.8 Å². The summed E-state index contributed by atoms with van der Waals surface area (Å²) in [6.45, 7) is 1.44. The van der Waals surface area contributed by atoms with Crippen molar-refractivity contribution >= 4 is 32.9 Å². The van der Waals surface area contributed by atoms with Gasteiger partial charge in [0.1, 0.15) is 5.82 Å². The number of quaternary nitrogens is 1. The van der Waals surface area contributed by atoms with Gasteiger partial charge in [0.25, 0.3) is 0 Å². The molecule has 1 heterocycles. The van der Waals surface area contributed by atoms with Crippen molar-refractivity contribution in [2.24, 2.45) is 0 Å². The Morgan fingerprint density at radius 3 is 2.70 bits per heavy atom. The second-order valence-corrected chi connectivity index (χ2v) is 8.73. The summed E-state index contributed by atoms with van der Waals surface area (Å²) in [5, 5.41) is 3.29. The minimum Gasteiger partial charge on any atom is -0.339 e. The summed E-state index contributed by atoms with van der Waals surface area (Å²) in [7, 11) is 1.05. The number of hydrogen-bond acceptors (Lipinski definition) is 3. The lowest BCUT2D eigenvalue weighted by Crippen LogP contribution is -3.06. The van der Waals surface area contributed by atoms with E-state index in [0.717, 1.165) is 6.54 Å². The molecule has 0 bridgehead atoms. The van der Waals surface area contributed by atoms with Gasteiger partial charge >= 0.3 is 0 Å². The molecule has 0 amide bonds. The van der Waals surface area contributed by atoms with Crippen molar-refractivity contribution < 1.29 is 17.7 Å². The number of halogens is 1. The van der Waals surface area contributed by atoms with E-state index >= 15 is 0 Å². The van der Waals surface area contributed by atoms with Crippen molar-refractivity contribution in [3.63, 3.8) is 0 Å². The average Bonchev–Trinajstić information content (AvgIpc) is 2.81. The van der Waals surface area contributed by atoms with Gasteiger partial charge in [0, 0.05) is 6.04 Å². The average molecular weight is 361 g/mol. The van der Waals surface area contributed by atoms with Crippen molar-refractivity contribution in [1.82, 2.24) is 4.90 Å². The van der Waals surface area contributed by atoms with Crippen LogP contribution in [0.3, 0.4) is 0 Å². The highest BCUT2D eigenvalue weighted by Gasteiger charge is 2.33. The van der Waals surface area contributed by atoms with Crippen molar-refractivity contribution in [2.75, 3.05) is 44.0 Å². The number of nitrogens with zero attached hydrogens (tertiary/aromatic N) is 1. The van der Waals surface area contributed by atoms with Gasteiger partial charge in [-0.05, 0) is 30.8 Å². The summed E-state index contributed by atoms with van der Waals surface area (Å²) in [6, 6.07) is 6.16. The third-order valence-corrected chi connectivity index (χ3v) is 5.97. The highest BCUT2D eigenvalue weighted by atomic mass is 32.2. The molecule has 1 aromatic rings. The molecule has 0 radical (unpaired) electrons. The monoisotopic (exact) mass is 360 g/mol. The first-order valence-electron chi connectivity index (χ1n) is 7.60. The zero-order valence-corrected chi connectivity index (χ0v) is 15.0. The van der Waals surface area contributed by atoms with Gasteiger partial charge in [-0.2, -0.15) is 0 Å². The highest BCUT2D eigenvalue weighted by Crippen LogP contribution is 2.20. The smallest absolute Gasteiger partial charge is 0.173 e. The normalized spacial score (nSPS) is 19.7. The molecule has 1 aliphatic heterocycles. The van der Waals surface area contributed by atoms with Gasteiger partial charge in [0.2, 0.25) is 0 Å². The first-order chi connectivity index (χ1) is 10.8. The van der Waals surface area contributed by atoms with Crippen LogP contribution < -0.4 is 10.2 Å². The third-order valence-electron chi connectivity index (χ3n) is 3.88. The second-order valence-electron chi connectivity index (χ2n) is 6.12. The van der Waals surface area contributed by atoms with Gasteiger partial charge in [0.05, 0.1) is 44.4 Å². The Balaban J connectivity index is 2.12. The molecule has 128 valence electrons. The van der Waals surface area contributed by atoms with Gasteiger partial charge in [0.15, 0.2) is 14.9 Å². The molecule has 1 aromatic carbocycles.